The fourth-order valence-corrected chi connectivity index (χ4v) is 1.54. The van der Waals surface area contributed by atoms with Crippen LogP contribution in [0, 0.1) is 11.6 Å². The molecule has 1 N–H and O–H groups in total. The van der Waals surface area contributed by atoms with Crippen molar-refractivity contribution in [1.29, 1.82) is 0 Å². The summed E-state index contributed by atoms with van der Waals surface area (Å²) in [7, 11) is 0. The molecule has 2 rings (SSSR count). The first kappa shape index (κ1) is 10.7. The molecule has 4 heteroatoms. The molecule has 0 amide bonds. The molecular weight excluding hydrogens is 210 g/mol. The number of hydrogen-bond acceptors (Lipinski definition) is 1. The Bertz CT molecular complexity index is 446. The summed E-state index contributed by atoms with van der Waals surface area (Å²) in [5.74, 6) is -1.12. The summed E-state index contributed by atoms with van der Waals surface area (Å²) in [5.41, 5.74) is 3.65. The van der Waals surface area contributed by atoms with Crippen molar-refractivity contribution >= 4 is 0 Å². The number of halogens is 2. The maximum Gasteiger partial charge on any atom is 0.126 e. The van der Waals surface area contributed by atoms with Crippen molar-refractivity contribution in [3.05, 3.63) is 59.9 Å². The van der Waals surface area contributed by atoms with E-state index in [0.717, 1.165) is 6.07 Å². The van der Waals surface area contributed by atoms with Crippen LogP contribution in [0.2, 0.25) is 0 Å². The second-order valence-electron chi connectivity index (χ2n) is 3.64. The van der Waals surface area contributed by atoms with Gasteiger partial charge in [0.15, 0.2) is 0 Å². The van der Waals surface area contributed by atoms with Crippen molar-refractivity contribution in [2.45, 2.75) is 13.0 Å². The first-order chi connectivity index (χ1) is 7.65. The normalized spacial score (nSPS) is 12.4. The smallest absolute Gasteiger partial charge is 0.126 e. The van der Waals surface area contributed by atoms with E-state index in [9.17, 15) is 8.78 Å². The van der Waals surface area contributed by atoms with Gasteiger partial charge in [-0.15, -0.1) is 0 Å². The lowest BCUT2D eigenvalue weighted by molar-refractivity contribution is 0.575. The Balaban J connectivity index is 2.17. The van der Waals surface area contributed by atoms with E-state index >= 15 is 0 Å². The second kappa shape index (κ2) is 4.35. The van der Waals surface area contributed by atoms with Gasteiger partial charge in [-0.3, -0.25) is 4.68 Å². The van der Waals surface area contributed by atoms with Gasteiger partial charge in [0.1, 0.15) is 11.6 Å². The molecule has 0 aliphatic heterocycles. The molecule has 0 radical (unpaired) electrons. The van der Waals surface area contributed by atoms with Crippen molar-refractivity contribution in [2.24, 2.45) is 0 Å². The molecule has 2 nitrogen and oxygen atoms in total. The predicted octanol–water partition coefficient (Wildman–Crippen LogP) is 3.07. The van der Waals surface area contributed by atoms with Gasteiger partial charge in [-0.1, -0.05) is 0 Å². The largest absolute Gasteiger partial charge is 0.319 e. The van der Waals surface area contributed by atoms with E-state index in [4.69, 9.17) is 0 Å². The van der Waals surface area contributed by atoms with Crippen molar-refractivity contribution < 1.29 is 8.78 Å². The summed E-state index contributed by atoms with van der Waals surface area (Å²) in [4.78, 5) is 0. The van der Waals surface area contributed by atoms with Crippen molar-refractivity contribution in [3.8, 4) is 0 Å². The van der Waals surface area contributed by atoms with E-state index in [-0.39, 0.29) is 6.04 Å². The average molecular weight is 222 g/mol. The Morgan fingerprint density at radius 1 is 1.06 bits per heavy atom. The highest BCUT2D eigenvalue weighted by Crippen LogP contribution is 2.16. The van der Waals surface area contributed by atoms with Gasteiger partial charge < -0.3 is 5.43 Å². The third-order valence-corrected chi connectivity index (χ3v) is 2.33. The molecular formula is C12H12F2N2. The van der Waals surface area contributed by atoms with Gasteiger partial charge in [-0.05, 0) is 36.8 Å². The van der Waals surface area contributed by atoms with Gasteiger partial charge in [-0.2, -0.15) is 0 Å². The lowest BCUT2D eigenvalue weighted by Crippen LogP contribution is -2.17. The number of hydrogen-bond donors (Lipinski definition) is 1. The van der Waals surface area contributed by atoms with Crippen LogP contribution in [-0.2, 0) is 0 Å². The molecule has 0 fully saturated rings. The summed E-state index contributed by atoms with van der Waals surface area (Å²) < 4.78 is 27.7. The molecule has 0 saturated heterocycles. The molecule has 1 unspecified atom stereocenters. The second-order valence-corrected chi connectivity index (χ2v) is 3.64. The molecule has 0 aliphatic rings. The Morgan fingerprint density at radius 2 is 1.62 bits per heavy atom. The van der Waals surface area contributed by atoms with Crippen LogP contribution in [0.5, 0.6) is 0 Å². The maximum atomic E-state index is 13.0. The fraction of sp³-hybridized carbons (Fsp3) is 0.167. The van der Waals surface area contributed by atoms with E-state index < -0.39 is 11.6 Å². The monoisotopic (exact) mass is 222 g/mol. The standard InChI is InChI=1S/C12H12F2N2/c1-9(15-16-4-2-3-5-16)10-6-11(13)8-12(14)7-10/h2-9,15H,1H3. The third kappa shape index (κ3) is 2.39. The minimum atomic E-state index is -0.559. The van der Waals surface area contributed by atoms with E-state index in [1.807, 2.05) is 31.5 Å². The van der Waals surface area contributed by atoms with Crippen LogP contribution in [0.1, 0.15) is 18.5 Å². The van der Waals surface area contributed by atoms with E-state index in [0.29, 0.717) is 5.56 Å². The molecule has 84 valence electrons. The Hall–Kier alpha value is -1.84. The zero-order valence-electron chi connectivity index (χ0n) is 8.82. The Kier molecular flexibility index (Phi) is 2.90. The third-order valence-electron chi connectivity index (χ3n) is 2.33. The number of aromatic nitrogens is 1. The molecule has 0 bridgehead atoms. The van der Waals surface area contributed by atoms with Gasteiger partial charge in [0.25, 0.3) is 0 Å². The first-order valence-corrected chi connectivity index (χ1v) is 5.00. The minimum absolute atomic E-state index is 0.169. The Morgan fingerprint density at radius 3 is 2.19 bits per heavy atom. The quantitative estimate of drug-likeness (QED) is 0.844. The molecule has 2 aromatic rings. The van der Waals surface area contributed by atoms with Gasteiger partial charge in [0, 0.05) is 18.5 Å². The lowest BCUT2D eigenvalue weighted by atomic mass is 10.1. The summed E-state index contributed by atoms with van der Waals surface area (Å²) in [5, 5.41) is 0. The predicted molar refractivity (Wildman–Crippen MR) is 58.6 cm³/mol. The van der Waals surface area contributed by atoms with Gasteiger partial charge >= 0.3 is 0 Å². The van der Waals surface area contributed by atoms with Crippen LogP contribution >= 0.6 is 0 Å². The van der Waals surface area contributed by atoms with E-state index in [2.05, 4.69) is 5.43 Å². The topological polar surface area (TPSA) is 17.0 Å². The van der Waals surface area contributed by atoms with Crippen LogP contribution in [0.15, 0.2) is 42.7 Å². The molecule has 1 aromatic carbocycles. The molecule has 0 aliphatic carbocycles. The molecule has 16 heavy (non-hydrogen) atoms. The van der Waals surface area contributed by atoms with E-state index in [1.165, 1.54) is 12.1 Å². The summed E-state index contributed by atoms with van der Waals surface area (Å²) in [6.07, 6.45) is 3.65. The SMILES string of the molecule is CC(Nn1cccc1)c1cc(F)cc(F)c1. The summed E-state index contributed by atoms with van der Waals surface area (Å²) in [6.45, 7) is 1.84. The highest BCUT2D eigenvalue weighted by Gasteiger charge is 2.08. The summed E-state index contributed by atoms with van der Waals surface area (Å²) >= 11 is 0. The molecule has 1 aromatic heterocycles. The van der Waals surface area contributed by atoms with Crippen LogP contribution in [0.25, 0.3) is 0 Å². The van der Waals surface area contributed by atoms with Crippen molar-refractivity contribution in [2.75, 3.05) is 5.43 Å². The number of nitrogens with one attached hydrogen (secondary N) is 1. The van der Waals surface area contributed by atoms with Crippen molar-refractivity contribution in [3.63, 3.8) is 0 Å². The highest BCUT2D eigenvalue weighted by atomic mass is 19.1. The zero-order chi connectivity index (χ0) is 11.5. The van der Waals surface area contributed by atoms with E-state index in [1.54, 1.807) is 4.68 Å². The summed E-state index contributed by atoms with van der Waals surface area (Å²) in [6, 6.07) is 7.08. The molecule has 0 saturated carbocycles. The van der Waals surface area contributed by atoms with Crippen LogP contribution in [0.4, 0.5) is 8.78 Å². The van der Waals surface area contributed by atoms with Crippen LogP contribution < -0.4 is 5.43 Å². The highest BCUT2D eigenvalue weighted by molar-refractivity contribution is 5.22. The molecule has 1 atom stereocenters. The average Bonchev–Trinajstić information content (AvgIpc) is 2.68. The van der Waals surface area contributed by atoms with Gasteiger partial charge in [0.05, 0.1) is 6.04 Å². The van der Waals surface area contributed by atoms with Crippen molar-refractivity contribution in [1.82, 2.24) is 4.68 Å². The molecule has 1 heterocycles. The Labute approximate surface area is 92.5 Å². The number of nitrogens with zero attached hydrogens (tertiary/aromatic N) is 1. The maximum absolute atomic E-state index is 13.0. The zero-order valence-corrected chi connectivity index (χ0v) is 8.82. The van der Waals surface area contributed by atoms with Gasteiger partial charge in [-0.25, -0.2) is 8.78 Å². The lowest BCUT2D eigenvalue weighted by Gasteiger charge is -2.16. The van der Waals surface area contributed by atoms with Crippen LogP contribution in [-0.4, -0.2) is 4.68 Å². The minimum Gasteiger partial charge on any atom is -0.319 e. The van der Waals surface area contributed by atoms with Gasteiger partial charge in [0.2, 0.25) is 0 Å². The first-order valence-electron chi connectivity index (χ1n) is 5.00. The number of benzene rings is 1. The number of rotatable bonds is 3. The fourth-order valence-electron chi connectivity index (χ4n) is 1.54. The molecule has 0 spiro atoms. The van der Waals surface area contributed by atoms with Crippen LogP contribution in [0.3, 0.4) is 0 Å².